The van der Waals surface area contributed by atoms with Gasteiger partial charge in [0.2, 0.25) is 0 Å². The molecule has 2 aromatic carbocycles. The van der Waals surface area contributed by atoms with E-state index in [4.69, 9.17) is 23.7 Å². The molecule has 2 rings (SSSR count). The minimum Gasteiger partial charge on any atom is -0.497 e. The van der Waals surface area contributed by atoms with Crippen LogP contribution in [-0.4, -0.2) is 33.4 Å². The third-order valence-corrected chi connectivity index (χ3v) is 3.84. The summed E-state index contributed by atoms with van der Waals surface area (Å²) < 4.78 is 26.7. The van der Waals surface area contributed by atoms with Crippen LogP contribution in [0.25, 0.3) is 0 Å². The largest absolute Gasteiger partial charge is 0.497 e. The molecule has 1 unspecified atom stereocenters. The summed E-state index contributed by atoms with van der Waals surface area (Å²) in [4.78, 5) is 11.0. The molecule has 2 aromatic rings. The van der Waals surface area contributed by atoms with Gasteiger partial charge in [-0.2, -0.15) is 0 Å². The van der Waals surface area contributed by atoms with E-state index in [0.29, 0.717) is 28.6 Å². The quantitative estimate of drug-likeness (QED) is 0.521. The first-order chi connectivity index (χ1) is 12.4. The summed E-state index contributed by atoms with van der Waals surface area (Å²) in [7, 11) is 5.94. The molecule has 0 fully saturated rings. The minimum absolute atomic E-state index is 0.123. The van der Waals surface area contributed by atoms with Crippen LogP contribution in [0.3, 0.4) is 0 Å². The van der Waals surface area contributed by atoms with Crippen LogP contribution in [0.1, 0.15) is 18.6 Å². The van der Waals surface area contributed by atoms with Crippen LogP contribution in [0.4, 0.5) is 5.69 Å². The molecule has 0 spiro atoms. The zero-order valence-corrected chi connectivity index (χ0v) is 15.3. The van der Waals surface area contributed by atoms with Crippen LogP contribution in [-0.2, 0) is 0 Å². The second-order valence-electron chi connectivity index (χ2n) is 5.30. The molecule has 0 aliphatic carbocycles. The maximum atomic E-state index is 11.5. The van der Waals surface area contributed by atoms with E-state index in [9.17, 15) is 10.1 Å². The van der Waals surface area contributed by atoms with Gasteiger partial charge in [-0.3, -0.25) is 10.1 Å². The number of nitro benzene ring substituents is 1. The molecule has 0 heterocycles. The van der Waals surface area contributed by atoms with Gasteiger partial charge < -0.3 is 23.7 Å². The lowest BCUT2D eigenvalue weighted by molar-refractivity contribution is -0.386. The second-order valence-corrected chi connectivity index (χ2v) is 5.30. The average molecular weight is 363 g/mol. The molecular formula is C18H21NO7. The molecule has 0 saturated heterocycles. The number of benzene rings is 2. The summed E-state index contributed by atoms with van der Waals surface area (Å²) in [6, 6.07) is 7.93. The SMILES string of the molecule is COc1ccc(OC(C)c2cc(OC)c(OC)cc2[N+](=O)[O-])c(OC)c1. The minimum atomic E-state index is -0.641. The number of hydrogen-bond acceptors (Lipinski definition) is 7. The summed E-state index contributed by atoms with van der Waals surface area (Å²) in [6.45, 7) is 1.71. The Bertz CT molecular complexity index is 791. The first kappa shape index (κ1) is 19.2. The van der Waals surface area contributed by atoms with Crippen molar-refractivity contribution in [2.75, 3.05) is 28.4 Å². The molecule has 0 bridgehead atoms. The molecule has 0 saturated carbocycles. The standard InChI is InChI=1S/C18H21NO7/c1-11(26-15-7-6-12(22-2)8-16(15)23-3)13-9-17(24-4)18(25-5)10-14(13)19(20)21/h6-11H,1-5H3. The van der Waals surface area contributed by atoms with Gasteiger partial charge in [0.15, 0.2) is 23.0 Å². The Morgan fingerprint density at radius 2 is 1.42 bits per heavy atom. The molecule has 0 aromatic heterocycles. The number of nitrogens with zero attached hydrogens (tertiary/aromatic N) is 1. The van der Waals surface area contributed by atoms with Gasteiger partial charge in [0.1, 0.15) is 11.9 Å². The maximum Gasteiger partial charge on any atom is 0.280 e. The Hall–Kier alpha value is -3.16. The smallest absolute Gasteiger partial charge is 0.280 e. The van der Waals surface area contributed by atoms with Gasteiger partial charge in [0.05, 0.1) is 45.0 Å². The second kappa shape index (κ2) is 8.28. The van der Waals surface area contributed by atoms with E-state index in [-0.39, 0.29) is 11.4 Å². The van der Waals surface area contributed by atoms with E-state index in [1.165, 1.54) is 33.5 Å². The van der Waals surface area contributed by atoms with E-state index < -0.39 is 11.0 Å². The molecule has 0 amide bonds. The number of methoxy groups -OCH3 is 4. The summed E-state index contributed by atoms with van der Waals surface area (Å²) in [5.74, 6) is 2.16. The molecule has 140 valence electrons. The van der Waals surface area contributed by atoms with Gasteiger partial charge in [0.25, 0.3) is 5.69 Å². The molecule has 8 heteroatoms. The predicted octanol–water partition coefficient (Wildman–Crippen LogP) is 3.77. The Kier molecular flexibility index (Phi) is 6.11. The normalized spacial score (nSPS) is 11.4. The Morgan fingerprint density at radius 3 is 1.96 bits per heavy atom. The lowest BCUT2D eigenvalue weighted by atomic mass is 10.1. The van der Waals surface area contributed by atoms with E-state index in [1.54, 1.807) is 32.2 Å². The zero-order chi connectivity index (χ0) is 19.3. The third kappa shape index (κ3) is 3.90. The van der Waals surface area contributed by atoms with Gasteiger partial charge >= 0.3 is 0 Å². The Labute approximate surface area is 151 Å². The molecule has 1 atom stereocenters. The van der Waals surface area contributed by atoms with Crippen molar-refractivity contribution >= 4 is 5.69 Å². The first-order valence-corrected chi connectivity index (χ1v) is 7.74. The van der Waals surface area contributed by atoms with Crippen molar-refractivity contribution in [3.63, 3.8) is 0 Å². The van der Waals surface area contributed by atoms with E-state index >= 15 is 0 Å². The van der Waals surface area contributed by atoms with Crippen LogP contribution in [0.2, 0.25) is 0 Å². The van der Waals surface area contributed by atoms with E-state index in [2.05, 4.69) is 0 Å². The highest BCUT2D eigenvalue weighted by atomic mass is 16.6. The number of nitro groups is 1. The van der Waals surface area contributed by atoms with Gasteiger partial charge in [-0.05, 0) is 25.1 Å². The highest BCUT2D eigenvalue weighted by molar-refractivity contribution is 5.55. The number of rotatable bonds is 8. The van der Waals surface area contributed by atoms with Crippen molar-refractivity contribution in [3.8, 4) is 28.7 Å². The molecule has 0 aliphatic heterocycles. The van der Waals surface area contributed by atoms with Crippen molar-refractivity contribution in [1.29, 1.82) is 0 Å². The van der Waals surface area contributed by atoms with Crippen molar-refractivity contribution in [2.45, 2.75) is 13.0 Å². The van der Waals surface area contributed by atoms with Crippen LogP contribution < -0.4 is 23.7 Å². The summed E-state index contributed by atoms with van der Waals surface area (Å²) in [5.41, 5.74) is 0.230. The molecule has 0 aliphatic rings. The average Bonchev–Trinajstić information content (AvgIpc) is 2.66. The lowest BCUT2D eigenvalue weighted by Crippen LogP contribution is -2.08. The predicted molar refractivity (Wildman–Crippen MR) is 94.8 cm³/mol. The highest BCUT2D eigenvalue weighted by Crippen LogP contribution is 2.40. The summed E-state index contributed by atoms with van der Waals surface area (Å²) >= 11 is 0. The van der Waals surface area contributed by atoms with Crippen molar-refractivity contribution in [3.05, 3.63) is 46.0 Å². The summed E-state index contributed by atoms with van der Waals surface area (Å²) in [5, 5.41) is 11.5. The monoisotopic (exact) mass is 363 g/mol. The Balaban J connectivity index is 2.43. The van der Waals surface area contributed by atoms with Gasteiger partial charge in [-0.1, -0.05) is 0 Å². The first-order valence-electron chi connectivity index (χ1n) is 7.74. The third-order valence-electron chi connectivity index (χ3n) is 3.84. The van der Waals surface area contributed by atoms with E-state index in [0.717, 1.165) is 0 Å². The maximum absolute atomic E-state index is 11.5. The van der Waals surface area contributed by atoms with Crippen molar-refractivity contribution < 1.29 is 28.6 Å². The Morgan fingerprint density at radius 1 is 0.846 bits per heavy atom. The molecule has 26 heavy (non-hydrogen) atoms. The lowest BCUT2D eigenvalue weighted by Gasteiger charge is -2.19. The fraction of sp³-hybridized carbons (Fsp3) is 0.333. The summed E-state index contributed by atoms with van der Waals surface area (Å²) in [6.07, 6.45) is -0.641. The topological polar surface area (TPSA) is 89.3 Å². The molecular weight excluding hydrogens is 342 g/mol. The zero-order valence-electron chi connectivity index (χ0n) is 15.3. The van der Waals surface area contributed by atoms with Crippen molar-refractivity contribution in [2.24, 2.45) is 0 Å². The molecule has 0 N–H and O–H groups in total. The van der Waals surface area contributed by atoms with Crippen LogP contribution in [0, 0.1) is 10.1 Å². The molecule has 0 radical (unpaired) electrons. The van der Waals surface area contributed by atoms with Crippen LogP contribution in [0.5, 0.6) is 28.7 Å². The highest BCUT2D eigenvalue weighted by Gasteiger charge is 2.25. The van der Waals surface area contributed by atoms with Gasteiger partial charge in [-0.25, -0.2) is 0 Å². The van der Waals surface area contributed by atoms with E-state index in [1.807, 2.05) is 0 Å². The number of hydrogen-bond donors (Lipinski definition) is 0. The van der Waals surface area contributed by atoms with Gasteiger partial charge in [0, 0.05) is 6.07 Å². The van der Waals surface area contributed by atoms with Crippen molar-refractivity contribution in [1.82, 2.24) is 0 Å². The fourth-order valence-corrected chi connectivity index (χ4v) is 2.49. The van der Waals surface area contributed by atoms with Crippen LogP contribution in [0.15, 0.2) is 30.3 Å². The van der Waals surface area contributed by atoms with Crippen LogP contribution >= 0.6 is 0 Å². The number of ether oxygens (including phenoxy) is 5. The fourth-order valence-electron chi connectivity index (χ4n) is 2.49. The molecule has 8 nitrogen and oxygen atoms in total. The van der Waals surface area contributed by atoms with Gasteiger partial charge in [-0.15, -0.1) is 0 Å².